The lowest BCUT2D eigenvalue weighted by Gasteiger charge is -2.15. The molecule has 0 aliphatic heterocycles. The van der Waals surface area contributed by atoms with Gasteiger partial charge in [0.15, 0.2) is 0 Å². The van der Waals surface area contributed by atoms with Gasteiger partial charge in [0.05, 0.1) is 13.0 Å². The first-order valence-electron chi connectivity index (χ1n) is 7.41. The molecule has 23 heavy (non-hydrogen) atoms. The fourth-order valence-corrected chi connectivity index (χ4v) is 2.43. The zero-order valence-corrected chi connectivity index (χ0v) is 14.0. The van der Waals surface area contributed by atoms with Gasteiger partial charge in [-0.15, -0.1) is 12.4 Å². The maximum absolute atomic E-state index is 12.3. The Balaban J connectivity index is 0.00000264. The molecule has 0 aliphatic rings. The van der Waals surface area contributed by atoms with Crippen molar-refractivity contribution in [2.45, 2.75) is 12.3 Å². The van der Waals surface area contributed by atoms with E-state index in [1.54, 1.807) is 7.11 Å². The summed E-state index contributed by atoms with van der Waals surface area (Å²) in [6.07, 6.45) is 0.724. The van der Waals surface area contributed by atoms with Crippen molar-refractivity contribution in [1.82, 2.24) is 5.32 Å². The summed E-state index contributed by atoms with van der Waals surface area (Å²) in [5, 5.41) is 2.96. The van der Waals surface area contributed by atoms with E-state index in [0.717, 1.165) is 23.3 Å². The number of halogens is 1. The van der Waals surface area contributed by atoms with Gasteiger partial charge < -0.3 is 15.8 Å². The van der Waals surface area contributed by atoms with Crippen LogP contribution in [-0.4, -0.2) is 26.1 Å². The van der Waals surface area contributed by atoms with Crippen molar-refractivity contribution in [1.29, 1.82) is 0 Å². The molecule has 0 saturated carbocycles. The largest absolute Gasteiger partial charge is 0.496 e. The second-order valence-electron chi connectivity index (χ2n) is 5.05. The van der Waals surface area contributed by atoms with Crippen LogP contribution in [0.4, 0.5) is 0 Å². The fraction of sp³-hybridized carbons (Fsp3) is 0.278. The molecule has 1 atom stereocenters. The third-order valence-corrected chi connectivity index (χ3v) is 3.64. The minimum Gasteiger partial charge on any atom is -0.496 e. The van der Waals surface area contributed by atoms with Crippen molar-refractivity contribution in [3.05, 3.63) is 65.7 Å². The van der Waals surface area contributed by atoms with Crippen molar-refractivity contribution in [3.63, 3.8) is 0 Å². The molecule has 0 radical (unpaired) electrons. The fourth-order valence-electron chi connectivity index (χ4n) is 2.43. The van der Waals surface area contributed by atoms with E-state index in [4.69, 9.17) is 10.5 Å². The van der Waals surface area contributed by atoms with E-state index in [0.29, 0.717) is 13.1 Å². The minimum absolute atomic E-state index is 0. The molecular formula is C18H23ClN2O2. The number of nitrogens with two attached hydrogens (primary N) is 1. The van der Waals surface area contributed by atoms with E-state index < -0.39 is 0 Å². The van der Waals surface area contributed by atoms with Crippen molar-refractivity contribution in [3.8, 4) is 5.75 Å². The average Bonchev–Trinajstić information content (AvgIpc) is 2.57. The van der Waals surface area contributed by atoms with Crippen LogP contribution in [0.2, 0.25) is 0 Å². The molecule has 0 heterocycles. The zero-order chi connectivity index (χ0) is 15.8. The summed E-state index contributed by atoms with van der Waals surface area (Å²) in [6, 6.07) is 17.4. The number of carbonyl (C=O) groups excluding carboxylic acids is 1. The lowest BCUT2D eigenvalue weighted by atomic mass is 9.98. The number of benzene rings is 2. The molecule has 124 valence electrons. The van der Waals surface area contributed by atoms with Gasteiger partial charge in [0.1, 0.15) is 5.75 Å². The summed E-state index contributed by atoms with van der Waals surface area (Å²) in [4.78, 5) is 12.3. The minimum atomic E-state index is -0.307. The lowest BCUT2D eigenvalue weighted by molar-refractivity contribution is -0.122. The Morgan fingerprint density at radius 2 is 1.78 bits per heavy atom. The quantitative estimate of drug-likeness (QED) is 0.817. The van der Waals surface area contributed by atoms with E-state index in [2.05, 4.69) is 5.32 Å². The third-order valence-electron chi connectivity index (χ3n) is 3.64. The van der Waals surface area contributed by atoms with Crippen LogP contribution < -0.4 is 15.8 Å². The molecule has 1 amide bonds. The number of methoxy groups -OCH3 is 1. The third kappa shape index (κ3) is 5.27. The molecule has 2 aromatic carbocycles. The van der Waals surface area contributed by atoms with Gasteiger partial charge in [-0.3, -0.25) is 4.79 Å². The van der Waals surface area contributed by atoms with E-state index in [1.807, 2.05) is 54.6 Å². The zero-order valence-electron chi connectivity index (χ0n) is 13.2. The maximum atomic E-state index is 12.3. The number of carbonyl (C=O) groups is 1. The SMILES string of the molecule is COc1ccccc1CCNC(=O)C(CN)c1ccccc1.Cl. The van der Waals surface area contributed by atoms with Gasteiger partial charge >= 0.3 is 0 Å². The molecular weight excluding hydrogens is 312 g/mol. The molecule has 2 aromatic rings. The molecule has 0 aromatic heterocycles. The van der Waals surface area contributed by atoms with Crippen LogP contribution >= 0.6 is 12.4 Å². The highest BCUT2D eigenvalue weighted by atomic mass is 35.5. The number of ether oxygens (including phenoxy) is 1. The molecule has 1 unspecified atom stereocenters. The molecule has 0 spiro atoms. The smallest absolute Gasteiger partial charge is 0.228 e. The second-order valence-corrected chi connectivity index (χ2v) is 5.05. The van der Waals surface area contributed by atoms with Crippen LogP contribution in [0.3, 0.4) is 0 Å². The standard InChI is InChI=1S/C18H22N2O2.ClH/c1-22-17-10-6-5-9-15(17)11-12-20-18(21)16(13-19)14-7-3-2-4-8-14;/h2-10,16H,11-13,19H2,1H3,(H,20,21);1H. The summed E-state index contributed by atoms with van der Waals surface area (Å²) in [5.41, 5.74) is 7.78. The first kappa shape index (κ1) is 19.0. The topological polar surface area (TPSA) is 64.3 Å². The van der Waals surface area contributed by atoms with Crippen molar-refractivity contribution in [2.24, 2.45) is 5.73 Å². The number of nitrogens with one attached hydrogen (secondary N) is 1. The summed E-state index contributed by atoms with van der Waals surface area (Å²) < 4.78 is 5.31. The predicted octanol–water partition coefficient (Wildman–Crippen LogP) is 2.52. The molecule has 5 heteroatoms. The van der Waals surface area contributed by atoms with Crippen molar-refractivity contribution < 1.29 is 9.53 Å². The van der Waals surface area contributed by atoms with E-state index >= 15 is 0 Å². The van der Waals surface area contributed by atoms with Crippen LogP contribution in [0.1, 0.15) is 17.0 Å². The summed E-state index contributed by atoms with van der Waals surface area (Å²) in [5.74, 6) is 0.498. The van der Waals surface area contributed by atoms with Gasteiger partial charge in [-0.1, -0.05) is 48.5 Å². The van der Waals surface area contributed by atoms with Crippen LogP contribution in [0.15, 0.2) is 54.6 Å². The number of amides is 1. The first-order valence-corrected chi connectivity index (χ1v) is 7.41. The predicted molar refractivity (Wildman–Crippen MR) is 95.2 cm³/mol. The lowest BCUT2D eigenvalue weighted by Crippen LogP contribution is -2.34. The molecule has 3 N–H and O–H groups in total. The normalized spacial score (nSPS) is 11.2. The average molecular weight is 335 g/mol. The first-order chi connectivity index (χ1) is 10.8. The number of para-hydroxylation sites is 1. The number of hydrogen-bond acceptors (Lipinski definition) is 3. The van der Waals surface area contributed by atoms with Gasteiger partial charge in [0, 0.05) is 13.1 Å². The van der Waals surface area contributed by atoms with Gasteiger partial charge in [-0.25, -0.2) is 0 Å². The second kappa shape index (κ2) is 9.87. The molecule has 0 saturated heterocycles. The number of rotatable bonds is 7. The van der Waals surface area contributed by atoms with Gasteiger partial charge in [0.25, 0.3) is 0 Å². The Labute approximate surface area is 143 Å². The Bertz CT molecular complexity index is 605. The van der Waals surface area contributed by atoms with E-state index in [9.17, 15) is 4.79 Å². The molecule has 0 bridgehead atoms. The van der Waals surface area contributed by atoms with Gasteiger partial charge in [-0.2, -0.15) is 0 Å². The Morgan fingerprint density at radius 3 is 2.43 bits per heavy atom. The summed E-state index contributed by atoms with van der Waals surface area (Å²) in [6.45, 7) is 0.854. The van der Waals surface area contributed by atoms with Crippen LogP contribution in [0.25, 0.3) is 0 Å². The van der Waals surface area contributed by atoms with Crippen LogP contribution in [-0.2, 0) is 11.2 Å². The van der Waals surface area contributed by atoms with E-state index in [1.165, 1.54) is 0 Å². The Morgan fingerprint density at radius 1 is 1.13 bits per heavy atom. The van der Waals surface area contributed by atoms with Crippen LogP contribution in [0.5, 0.6) is 5.75 Å². The molecule has 0 aliphatic carbocycles. The van der Waals surface area contributed by atoms with Crippen molar-refractivity contribution >= 4 is 18.3 Å². The monoisotopic (exact) mass is 334 g/mol. The molecule has 0 fully saturated rings. The Kier molecular flexibility index (Phi) is 8.16. The highest BCUT2D eigenvalue weighted by Crippen LogP contribution is 2.18. The highest BCUT2D eigenvalue weighted by Gasteiger charge is 2.18. The van der Waals surface area contributed by atoms with Gasteiger partial charge in [0.2, 0.25) is 5.91 Å². The maximum Gasteiger partial charge on any atom is 0.228 e. The summed E-state index contributed by atoms with van der Waals surface area (Å²) >= 11 is 0. The van der Waals surface area contributed by atoms with Crippen molar-refractivity contribution in [2.75, 3.05) is 20.2 Å². The highest BCUT2D eigenvalue weighted by molar-refractivity contribution is 5.85. The Hall–Kier alpha value is -2.04. The molecule has 2 rings (SSSR count). The van der Waals surface area contributed by atoms with Gasteiger partial charge in [-0.05, 0) is 23.6 Å². The number of hydrogen-bond donors (Lipinski definition) is 2. The van der Waals surface area contributed by atoms with Crippen LogP contribution in [0, 0.1) is 0 Å². The molecule has 4 nitrogen and oxygen atoms in total. The van der Waals surface area contributed by atoms with E-state index in [-0.39, 0.29) is 24.2 Å². The summed E-state index contributed by atoms with van der Waals surface area (Å²) in [7, 11) is 1.65.